The van der Waals surface area contributed by atoms with E-state index in [2.05, 4.69) is 4.98 Å². The van der Waals surface area contributed by atoms with Gasteiger partial charge >= 0.3 is 6.18 Å². The second kappa shape index (κ2) is 6.30. The van der Waals surface area contributed by atoms with E-state index in [4.69, 9.17) is 4.74 Å². The molecular weight excluding hydrogens is 347 g/mol. The van der Waals surface area contributed by atoms with Gasteiger partial charge in [0.15, 0.2) is 11.6 Å². The number of amides is 1. The van der Waals surface area contributed by atoms with Crippen molar-refractivity contribution in [3.05, 3.63) is 59.3 Å². The highest BCUT2D eigenvalue weighted by Gasteiger charge is 2.35. The van der Waals surface area contributed by atoms with Crippen LogP contribution in [-0.2, 0) is 6.18 Å². The van der Waals surface area contributed by atoms with Gasteiger partial charge in [-0.15, -0.1) is 0 Å². The van der Waals surface area contributed by atoms with Gasteiger partial charge in [0.25, 0.3) is 5.91 Å². The van der Waals surface area contributed by atoms with E-state index in [-0.39, 0.29) is 24.5 Å². The first-order chi connectivity index (χ1) is 11.7. The van der Waals surface area contributed by atoms with E-state index in [0.717, 1.165) is 36.5 Å². The maximum Gasteiger partial charge on any atom is 0.416 e. The quantitative estimate of drug-likeness (QED) is 0.791. The van der Waals surface area contributed by atoms with Gasteiger partial charge in [-0.3, -0.25) is 4.79 Å². The third-order valence-corrected chi connectivity index (χ3v) is 3.65. The van der Waals surface area contributed by atoms with E-state index in [0.29, 0.717) is 0 Å². The molecule has 9 heteroatoms. The molecule has 1 aliphatic rings. The molecule has 1 aliphatic heterocycles. The van der Waals surface area contributed by atoms with E-state index in [1.165, 1.54) is 4.90 Å². The van der Waals surface area contributed by atoms with Gasteiger partial charge in [0.05, 0.1) is 18.7 Å². The van der Waals surface area contributed by atoms with Crippen molar-refractivity contribution >= 4 is 5.91 Å². The molecule has 0 spiro atoms. The van der Waals surface area contributed by atoms with Crippen molar-refractivity contribution in [2.45, 2.75) is 12.3 Å². The third kappa shape index (κ3) is 3.70. The number of halogens is 5. The molecule has 1 fully saturated rings. The molecule has 0 saturated carbocycles. The van der Waals surface area contributed by atoms with Crippen molar-refractivity contribution in [2.75, 3.05) is 13.1 Å². The van der Waals surface area contributed by atoms with E-state index < -0.39 is 35.4 Å². The molecule has 1 amide bonds. The fraction of sp³-hybridized carbons (Fsp3) is 0.250. The van der Waals surface area contributed by atoms with E-state index in [9.17, 15) is 26.7 Å². The lowest BCUT2D eigenvalue weighted by molar-refractivity contribution is -0.137. The van der Waals surface area contributed by atoms with Crippen molar-refractivity contribution in [2.24, 2.45) is 0 Å². The van der Waals surface area contributed by atoms with Crippen LogP contribution in [0.15, 0.2) is 36.5 Å². The zero-order valence-corrected chi connectivity index (χ0v) is 12.6. The number of pyridine rings is 1. The lowest BCUT2D eigenvalue weighted by Gasteiger charge is -2.38. The zero-order chi connectivity index (χ0) is 18.2. The van der Waals surface area contributed by atoms with Crippen LogP contribution in [0.1, 0.15) is 15.9 Å². The Balaban J connectivity index is 1.59. The van der Waals surface area contributed by atoms with Crippen LogP contribution in [0.4, 0.5) is 22.0 Å². The first kappa shape index (κ1) is 17.1. The van der Waals surface area contributed by atoms with Crippen molar-refractivity contribution < 1.29 is 31.5 Å². The average molecular weight is 358 g/mol. The van der Waals surface area contributed by atoms with Gasteiger partial charge in [0, 0.05) is 17.8 Å². The summed E-state index contributed by atoms with van der Waals surface area (Å²) in [4.78, 5) is 17.1. The highest BCUT2D eigenvalue weighted by Crippen LogP contribution is 2.31. The first-order valence-corrected chi connectivity index (χ1v) is 7.18. The van der Waals surface area contributed by atoms with E-state index in [1.807, 2.05) is 0 Å². The summed E-state index contributed by atoms with van der Waals surface area (Å²) < 4.78 is 69.2. The molecule has 1 aromatic heterocycles. The van der Waals surface area contributed by atoms with Gasteiger partial charge in [-0.2, -0.15) is 13.2 Å². The molecule has 4 nitrogen and oxygen atoms in total. The Kier molecular flexibility index (Phi) is 4.32. The minimum Gasteiger partial charge on any atom is -0.471 e. The molecule has 0 N–H and O–H groups in total. The van der Waals surface area contributed by atoms with Crippen molar-refractivity contribution in [3.8, 4) is 5.88 Å². The highest BCUT2D eigenvalue weighted by atomic mass is 19.4. The molecule has 2 heterocycles. The lowest BCUT2D eigenvalue weighted by atomic mass is 10.1. The minimum absolute atomic E-state index is 0.0189. The number of ether oxygens (including phenoxy) is 1. The number of hydrogen-bond donors (Lipinski definition) is 0. The van der Waals surface area contributed by atoms with Gasteiger partial charge < -0.3 is 9.64 Å². The number of alkyl halides is 3. The van der Waals surface area contributed by atoms with Crippen LogP contribution in [0.5, 0.6) is 5.88 Å². The highest BCUT2D eigenvalue weighted by molar-refractivity contribution is 5.94. The number of carbonyl (C=O) groups excluding carboxylic acids is 1. The summed E-state index contributed by atoms with van der Waals surface area (Å²) >= 11 is 0. The van der Waals surface area contributed by atoms with Crippen LogP contribution < -0.4 is 4.74 Å². The molecule has 3 rings (SSSR count). The molecule has 0 radical (unpaired) electrons. The Hall–Kier alpha value is -2.71. The molecular formula is C16H11F5N2O2. The molecule has 0 atom stereocenters. The Morgan fingerprint density at radius 1 is 1.12 bits per heavy atom. The smallest absolute Gasteiger partial charge is 0.416 e. The van der Waals surface area contributed by atoms with Gasteiger partial charge in [0.2, 0.25) is 5.88 Å². The Bertz CT molecular complexity index is 803. The number of benzene rings is 1. The average Bonchev–Trinajstić information content (AvgIpc) is 2.52. The van der Waals surface area contributed by atoms with E-state index >= 15 is 0 Å². The fourth-order valence-corrected chi connectivity index (χ4v) is 2.31. The Morgan fingerprint density at radius 3 is 2.48 bits per heavy atom. The van der Waals surface area contributed by atoms with Crippen LogP contribution in [0.2, 0.25) is 0 Å². The molecule has 0 aliphatic carbocycles. The van der Waals surface area contributed by atoms with Crippen LogP contribution >= 0.6 is 0 Å². The summed E-state index contributed by atoms with van der Waals surface area (Å²) in [6, 6.07) is 4.40. The van der Waals surface area contributed by atoms with Crippen LogP contribution in [0, 0.1) is 11.6 Å². The predicted octanol–water partition coefficient (Wildman–Crippen LogP) is 3.28. The van der Waals surface area contributed by atoms with Gasteiger partial charge in [-0.25, -0.2) is 13.8 Å². The van der Waals surface area contributed by atoms with Crippen LogP contribution in [0.25, 0.3) is 0 Å². The van der Waals surface area contributed by atoms with Crippen LogP contribution in [-0.4, -0.2) is 35.0 Å². The molecule has 2 aromatic rings. The summed E-state index contributed by atoms with van der Waals surface area (Å²) in [5.74, 6) is -2.90. The van der Waals surface area contributed by atoms with Crippen LogP contribution in [0.3, 0.4) is 0 Å². The molecule has 132 valence electrons. The first-order valence-electron chi connectivity index (χ1n) is 7.18. The molecule has 0 unspecified atom stereocenters. The zero-order valence-electron chi connectivity index (χ0n) is 12.6. The second-order valence-corrected chi connectivity index (χ2v) is 5.46. The van der Waals surface area contributed by atoms with Gasteiger partial charge in [-0.05, 0) is 24.3 Å². The lowest BCUT2D eigenvalue weighted by Crippen LogP contribution is -2.56. The number of aromatic nitrogens is 1. The normalized spacial score (nSPS) is 15.0. The maximum atomic E-state index is 13.2. The molecule has 1 aromatic carbocycles. The monoisotopic (exact) mass is 358 g/mol. The topological polar surface area (TPSA) is 42.4 Å². The van der Waals surface area contributed by atoms with Crippen molar-refractivity contribution in [3.63, 3.8) is 0 Å². The predicted molar refractivity (Wildman–Crippen MR) is 75.9 cm³/mol. The number of carbonyl (C=O) groups is 1. The van der Waals surface area contributed by atoms with Crippen molar-refractivity contribution in [1.82, 2.24) is 9.88 Å². The SMILES string of the molecule is O=C(c1ccc(F)c(F)c1)N1CC(Oc2cc(C(F)(F)F)ccn2)C1. The number of nitrogens with zero attached hydrogens (tertiary/aromatic N) is 2. The van der Waals surface area contributed by atoms with Crippen molar-refractivity contribution in [1.29, 1.82) is 0 Å². The maximum absolute atomic E-state index is 13.2. The van der Waals surface area contributed by atoms with Gasteiger partial charge in [0.1, 0.15) is 6.10 Å². The minimum atomic E-state index is -4.50. The number of rotatable bonds is 3. The Morgan fingerprint density at radius 2 is 1.84 bits per heavy atom. The van der Waals surface area contributed by atoms with Gasteiger partial charge in [-0.1, -0.05) is 0 Å². The number of likely N-dealkylation sites (tertiary alicyclic amines) is 1. The molecule has 1 saturated heterocycles. The summed E-state index contributed by atoms with van der Waals surface area (Å²) in [5, 5.41) is 0. The summed E-state index contributed by atoms with van der Waals surface area (Å²) in [6.07, 6.45) is -4.04. The standard InChI is InChI=1S/C16H11F5N2O2/c17-12-2-1-9(5-13(12)18)15(24)23-7-11(8-23)25-14-6-10(3-4-22-14)16(19,20)21/h1-6,11H,7-8H2. The summed E-state index contributed by atoms with van der Waals surface area (Å²) in [7, 11) is 0. The molecule has 25 heavy (non-hydrogen) atoms. The largest absolute Gasteiger partial charge is 0.471 e. The third-order valence-electron chi connectivity index (χ3n) is 3.65. The fourth-order valence-electron chi connectivity index (χ4n) is 2.31. The Labute approximate surface area is 138 Å². The summed E-state index contributed by atoms with van der Waals surface area (Å²) in [5.41, 5.74) is -0.902. The second-order valence-electron chi connectivity index (χ2n) is 5.46. The number of hydrogen-bond acceptors (Lipinski definition) is 3. The summed E-state index contributed by atoms with van der Waals surface area (Å²) in [6.45, 7) is 0.214. The molecule has 0 bridgehead atoms. The van der Waals surface area contributed by atoms with E-state index in [1.54, 1.807) is 0 Å².